The van der Waals surface area contributed by atoms with Crippen molar-refractivity contribution in [2.45, 2.75) is 84.1 Å². The molecule has 0 bridgehead atoms. The van der Waals surface area contributed by atoms with Gasteiger partial charge >= 0.3 is 0 Å². The standard InChI is InChI=1S/C26H37NO3/c1-6-7-8-9-18-15-22(28)24(21-14-17(4)10-13-20(21)16(2)3)25(29)23(18)26(30)27(5)19-11-12-19/h14-15,19-21,28-29H,2,6-13H2,1,3-5H3. The molecule has 30 heavy (non-hydrogen) atoms. The second-order valence-corrected chi connectivity index (χ2v) is 9.33. The molecule has 164 valence electrons. The van der Waals surface area contributed by atoms with E-state index in [1.54, 1.807) is 11.0 Å². The van der Waals surface area contributed by atoms with Crippen LogP contribution in [0.3, 0.4) is 0 Å². The molecule has 1 amide bonds. The highest BCUT2D eigenvalue weighted by molar-refractivity contribution is 5.99. The Labute approximate surface area is 181 Å². The number of hydrogen-bond donors (Lipinski definition) is 2. The normalized spacial score (nSPS) is 21.3. The van der Waals surface area contributed by atoms with Gasteiger partial charge in [-0.05, 0) is 69.9 Å². The van der Waals surface area contributed by atoms with Crippen molar-refractivity contribution in [3.63, 3.8) is 0 Å². The number of phenols is 2. The number of unbranched alkanes of at least 4 members (excludes halogenated alkanes) is 2. The van der Waals surface area contributed by atoms with Crippen molar-refractivity contribution in [3.05, 3.63) is 46.6 Å². The van der Waals surface area contributed by atoms with Gasteiger partial charge in [-0.15, -0.1) is 0 Å². The number of aromatic hydroxyl groups is 2. The number of rotatable bonds is 8. The number of carbonyl (C=O) groups excluding carboxylic acids is 1. The van der Waals surface area contributed by atoms with E-state index in [2.05, 4.69) is 26.5 Å². The van der Waals surface area contributed by atoms with Crippen LogP contribution in [0.1, 0.15) is 93.1 Å². The molecule has 0 aliphatic heterocycles. The summed E-state index contributed by atoms with van der Waals surface area (Å²) >= 11 is 0. The summed E-state index contributed by atoms with van der Waals surface area (Å²) in [6, 6.07) is 1.99. The highest BCUT2D eigenvalue weighted by Gasteiger charge is 2.36. The molecule has 0 saturated heterocycles. The molecule has 0 aromatic heterocycles. The van der Waals surface area contributed by atoms with Crippen LogP contribution in [-0.4, -0.2) is 34.1 Å². The molecule has 1 aromatic carbocycles. The zero-order chi connectivity index (χ0) is 22.0. The molecule has 1 fully saturated rings. The zero-order valence-electron chi connectivity index (χ0n) is 19.0. The molecule has 4 nitrogen and oxygen atoms in total. The van der Waals surface area contributed by atoms with Crippen LogP contribution in [0.2, 0.25) is 0 Å². The van der Waals surface area contributed by atoms with Crippen molar-refractivity contribution in [1.29, 1.82) is 0 Å². The molecular formula is C26H37NO3. The summed E-state index contributed by atoms with van der Waals surface area (Å²) in [6.07, 6.45) is 9.82. The van der Waals surface area contributed by atoms with Crippen molar-refractivity contribution >= 4 is 5.91 Å². The lowest BCUT2D eigenvalue weighted by atomic mass is 9.73. The maximum Gasteiger partial charge on any atom is 0.257 e. The first kappa shape index (κ1) is 22.5. The molecule has 0 spiro atoms. The van der Waals surface area contributed by atoms with Crippen LogP contribution in [0.15, 0.2) is 29.9 Å². The third kappa shape index (κ3) is 4.58. The predicted octanol–water partition coefficient (Wildman–Crippen LogP) is 6.08. The maximum absolute atomic E-state index is 13.4. The van der Waals surface area contributed by atoms with E-state index < -0.39 is 0 Å². The summed E-state index contributed by atoms with van der Waals surface area (Å²) in [5.41, 5.74) is 3.89. The summed E-state index contributed by atoms with van der Waals surface area (Å²) in [7, 11) is 1.82. The van der Waals surface area contributed by atoms with E-state index in [-0.39, 0.29) is 35.3 Å². The van der Waals surface area contributed by atoms with Gasteiger partial charge in [0.05, 0.1) is 5.56 Å². The highest BCUT2D eigenvalue weighted by Crippen LogP contribution is 2.48. The number of carbonyl (C=O) groups is 1. The smallest absolute Gasteiger partial charge is 0.257 e. The molecule has 2 aliphatic carbocycles. The molecular weight excluding hydrogens is 374 g/mol. The van der Waals surface area contributed by atoms with E-state index in [0.29, 0.717) is 17.5 Å². The Morgan fingerprint density at radius 3 is 2.53 bits per heavy atom. The molecule has 3 rings (SSSR count). The average Bonchev–Trinajstić information content (AvgIpc) is 3.52. The summed E-state index contributed by atoms with van der Waals surface area (Å²) in [5.74, 6) is -0.113. The predicted molar refractivity (Wildman–Crippen MR) is 122 cm³/mol. The fraction of sp³-hybridized carbons (Fsp3) is 0.577. The first-order chi connectivity index (χ1) is 14.3. The van der Waals surface area contributed by atoms with Crippen LogP contribution in [0.25, 0.3) is 0 Å². The summed E-state index contributed by atoms with van der Waals surface area (Å²) in [5, 5.41) is 22.4. The monoisotopic (exact) mass is 411 g/mol. The zero-order valence-corrected chi connectivity index (χ0v) is 19.0. The molecule has 1 saturated carbocycles. The fourth-order valence-corrected chi connectivity index (χ4v) is 4.76. The van der Waals surface area contributed by atoms with Crippen LogP contribution in [0.5, 0.6) is 11.5 Å². The van der Waals surface area contributed by atoms with Gasteiger partial charge in [0, 0.05) is 24.6 Å². The van der Waals surface area contributed by atoms with Gasteiger partial charge in [-0.25, -0.2) is 0 Å². The Bertz CT molecular complexity index is 850. The third-order valence-corrected chi connectivity index (χ3v) is 6.79. The number of benzene rings is 1. The van der Waals surface area contributed by atoms with E-state index >= 15 is 0 Å². The number of amides is 1. The van der Waals surface area contributed by atoms with E-state index in [1.807, 2.05) is 14.0 Å². The van der Waals surface area contributed by atoms with Gasteiger partial charge in [0.1, 0.15) is 11.5 Å². The van der Waals surface area contributed by atoms with E-state index in [9.17, 15) is 15.0 Å². The Kier molecular flexibility index (Phi) is 6.95. The van der Waals surface area contributed by atoms with Gasteiger partial charge in [-0.3, -0.25) is 4.79 Å². The Morgan fingerprint density at radius 1 is 1.23 bits per heavy atom. The number of aryl methyl sites for hydroxylation is 1. The topological polar surface area (TPSA) is 60.8 Å². The minimum atomic E-state index is -0.168. The number of hydrogen-bond acceptors (Lipinski definition) is 3. The van der Waals surface area contributed by atoms with Crippen molar-refractivity contribution in [1.82, 2.24) is 4.90 Å². The summed E-state index contributed by atoms with van der Waals surface area (Å²) in [4.78, 5) is 15.1. The molecule has 2 N–H and O–H groups in total. The van der Waals surface area contributed by atoms with Gasteiger partial charge in [0.15, 0.2) is 0 Å². The largest absolute Gasteiger partial charge is 0.507 e. The van der Waals surface area contributed by atoms with Crippen LogP contribution in [-0.2, 0) is 6.42 Å². The van der Waals surface area contributed by atoms with Crippen LogP contribution in [0.4, 0.5) is 0 Å². The molecule has 1 aromatic rings. The molecule has 0 heterocycles. The fourth-order valence-electron chi connectivity index (χ4n) is 4.76. The molecule has 2 unspecified atom stereocenters. The van der Waals surface area contributed by atoms with Crippen molar-refractivity contribution in [3.8, 4) is 11.5 Å². The minimum absolute atomic E-state index is 0.0406. The number of nitrogens with zero attached hydrogens (tertiary/aromatic N) is 1. The Hall–Kier alpha value is -2.23. The molecule has 2 aliphatic rings. The van der Waals surface area contributed by atoms with Gasteiger partial charge in [-0.1, -0.05) is 43.6 Å². The Balaban J connectivity index is 2.11. The highest BCUT2D eigenvalue weighted by atomic mass is 16.3. The van der Waals surface area contributed by atoms with Crippen LogP contribution in [0, 0.1) is 5.92 Å². The summed E-state index contributed by atoms with van der Waals surface area (Å²) < 4.78 is 0. The maximum atomic E-state index is 13.4. The lowest BCUT2D eigenvalue weighted by Crippen LogP contribution is -2.30. The van der Waals surface area contributed by atoms with Crippen molar-refractivity contribution in [2.24, 2.45) is 5.92 Å². The van der Waals surface area contributed by atoms with Crippen molar-refractivity contribution < 1.29 is 15.0 Å². The molecule has 2 atom stereocenters. The number of phenolic OH excluding ortho intramolecular Hbond substituents is 2. The van der Waals surface area contributed by atoms with Gasteiger partial charge < -0.3 is 15.1 Å². The van der Waals surface area contributed by atoms with E-state index in [0.717, 1.165) is 56.1 Å². The Morgan fingerprint density at radius 2 is 1.93 bits per heavy atom. The van der Waals surface area contributed by atoms with E-state index in [1.165, 1.54) is 5.57 Å². The van der Waals surface area contributed by atoms with Gasteiger partial charge in [-0.2, -0.15) is 0 Å². The van der Waals surface area contributed by atoms with Gasteiger partial charge in [0.25, 0.3) is 5.91 Å². The number of allylic oxidation sites excluding steroid dienone is 3. The quantitative estimate of drug-likeness (QED) is 0.402. The molecule has 0 radical (unpaired) electrons. The van der Waals surface area contributed by atoms with Crippen LogP contribution >= 0.6 is 0 Å². The second-order valence-electron chi connectivity index (χ2n) is 9.33. The SMILES string of the molecule is C=C(C)C1CCC(C)=CC1c1c(O)cc(CCCCC)c(C(=O)N(C)C2CC2)c1O. The van der Waals surface area contributed by atoms with E-state index in [4.69, 9.17) is 0 Å². The first-order valence-corrected chi connectivity index (χ1v) is 11.4. The van der Waals surface area contributed by atoms with Gasteiger partial charge in [0.2, 0.25) is 0 Å². The lowest BCUT2D eigenvalue weighted by Gasteiger charge is -2.32. The van der Waals surface area contributed by atoms with Crippen molar-refractivity contribution in [2.75, 3.05) is 7.05 Å². The average molecular weight is 412 g/mol. The second kappa shape index (κ2) is 9.28. The lowest BCUT2D eigenvalue weighted by molar-refractivity contribution is 0.0780. The third-order valence-electron chi connectivity index (χ3n) is 6.79. The molecule has 4 heteroatoms. The first-order valence-electron chi connectivity index (χ1n) is 11.4. The van der Waals surface area contributed by atoms with Crippen LogP contribution < -0.4 is 0 Å². The minimum Gasteiger partial charge on any atom is -0.507 e. The summed E-state index contributed by atoms with van der Waals surface area (Å²) in [6.45, 7) is 10.4.